The summed E-state index contributed by atoms with van der Waals surface area (Å²) >= 11 is 3.36. The van der Waals surface area contributed by atoms with Crippen LogP contribution in [0.4, 0.5) is 0 Å². The van der Waals surface area contributed by atoms with Crippen molar-refractivity contribution in [1.29, 1.82) is 0 Å². The van der Waals surface area contributed by atoms with E-state index in [-0.39, 0.29) is 5.75 Å². The molecule has 0 radical (unpaired) electrons. The summed E-state index contributed by atoms with van der Waals surface area (Å²) in [6.07, 6.45) is 0. The topological polar surface area (TPSA) is 43.4 Å². The zero-order chi connectivity index (χ0) is 14.5. The Hall–Kier alpha value is -1.46. The van der Waals surface area contributed by atoms with Gasteiger partial charge in [0, 0.05) is 9.37 Å². The Kier molecular flexibility index (Phi) is 5.09. The molecule has 0 saturated carbocycles. The van der Waals surface area contributed by atoms with Gasteiger partial charge in [-0.2, -0.15) is 0 Å². The van der Waals surface area contributed by atoms with E-state index < -0.39 is 16.8 Å². The van der Waals surface area contributed by atoms with Gasteiger partial charge in [0.15, 0.2) is 0 Å². The maximum atomic E-state index is 12.4. The summed E-state index contributed by atoms with van der Waals surface area (Å²) in [4.78, 5) is 12.4. The number of hydrogen-bond acceptors (Lipinski definition) is 3. The van der Waals surface area contributed by atoms with Gasteiger partial charge in [-0.1, -0.05) is 40.2 Å². The highest BCUT2D eigenvalue weighted by molar-refractivity contribution is 9.10. The number of rotatable bonds is 4. The average Bonchev–Trinajstić information content (AvgIpc) is 2.47. The van der Waals surface area contributed by atoms with Gasteiger partial charge in [-0.05, 0) is 29.8 Å². The van der Waals surface area contributed by atoms with Crippen molar-refractivity contribution >= 4 is 32.7 Å². The Morgan fingerprint density at radius 2 is 1.95 bits per heavy atom. The van der Waals surface area contributed by atoms with Gasteiger partial charge in [0.1, 0.15) is 0 Å². The molecule has 1 atom stereocenters. The number of ether oxygens (including phenoxy) is 1. The number of methoxy groups -OCH3 is 1. The first-order chi connectivity index (χ1) is 9.61. The van der Waals surface area contributed by atoms with Crippen LogP contribution < -0.4 is 0 Å². The predicted molar refractivity (Wildman–Crippen MR) is 82.0 cm³/mol. The molecule has 2 aromatic rings. The second kappa shape index (κ2) is 6.81. The molecule has 0 fully saturated rings. The molecule has 0 N–H and O–H groups in total. The smallest absolute Gasteiger partial charge is 0.338 e. The fourth-order valence-electron chi connectivity index (χ4n) is 1.79. The van der Waals surface area contributed by atoms with E-state index >= 15 is 0 Å². The van der Waals surface area contributed by atoms with E-state index in [1.165, 1.54) is 7.11 Å². The molecule has 0 heterocycles. The molecule has 2 rings (SSSR count). The Morgan fingerprint density at radius 1 is 1.20 bits per heavy atom. The predicted octanol–water partition coefficient (Wildman–Crippen LogP) is 3.54. The summed E-state index contributed by atoms with van der Waals surface area (Å²) < 4.78 is 18.0. The van der Waals surface area contributed by atoms with Crippen LogP contribution in [0.3, 0.4) is 0 Å². The van der Waals surface area contributed by atoms with Crippen molar-refractivity contribution in [3.8, 4) is 0 Å². The summed E-state index contributed by atoms with van der Waals surface area (Å²) in [7, 11) is 0.126. The second-order valence-electron chi connectivity index (χ2n) is 4.10. The molecule has 1 unspecified atom stereocenters. The van der Waals surface area contributed by atoms with Gasteiger partial charge in [-0.3, -0.25) is 4.21 Å². The summed E-state index contributed by atoms with van der Waals surface area (Å²) in [5, 5.41) is 0. The zero-order valence-corrected chi connectivity index (χ0v) is 13.2. The van der Waals surface area contributed by atoms with E-state index in [9.17, 15) is 9.00 Å². The quantitative estimate of drug-likeness (QED) is 0.790. The number of halogens is 1. The Morgan fingerprint density at radius 3 is 2.65 bits per heavy atom. The zero-order valence-electron chi connectivity index (χ0n) is 10.8. The highest BCUT2D eigenvalue weighted by atomic mass is 79.9. The van der Waals surface area contributed by atoms with Crippen LogP contribution in [0.1, 0.15) is 15.9 Å². The summed E-state index contributed by atoms with van der Waals surface area (Å²) in [5.41, 5.74) is 1.18. The minimum absolute atomic E-state index is 0.279. The first-order valence-corrected chi connectivity index (χ1v) is 8.03. The molecular formula is C15H13BrO3S. The minimum atomic E-state index is -1.21. The third-order valence-electron chi connectivity index (χ3n) is 2.77. The van der Waals surface area contributed by atoms with Crippen molar-refractivity contribution in [1.82, 2.24) is 0 Å². The van der Waals surface area contributed by atoms with Crippen LogP contribution in [-0.2, 0) is 21.3 Å². The number of hydrogen-bond donors (Lipinski definition) is 0. The Labute approximate surface area is 128 Å². The number of esters is 1. The summed E-state index contributed by atoms with van der Waals surface area (Å²) in [5.74, 6) is -0.131. The maximum Gasteiger partial charge on any atom is 0.338 e. The van der Waals surface area contributed by atoms with Crippen LogP contribution in [0.2, 0.25) is 0 Å². The van der Waals surface area contributed by atoms with Crippen LogP contribution >= 0.6 is 15.9 Å². The lowest BCUT2D eigenvalue weighted by Crippen LogP contribution is -2.07. The highest BCUT2D eigenvalue weighted by Crippen LogP contribution is 2.19. The molecule has 0 spiro atoms. The van der Waals surface area contributed by atoms with Gasteiger partial charge in [0.05, 0.1) is 29.2 Å². The fourth-order valence-corrected chi connectivity index (χ4v) is 3.53. The van der Waals surface area contributed by atoms with Gasteiger partial charge in [0.2, 0.25) is 0 Å². The number of benzene rings is 2. The molecule has 0 aliphatic rings. The molecular weight excluding hydrogens is 340 g/mol. The summed E-state index contributed by atoms with van der Waals surface area (Å²) in [6, 6.07) is 14.4. The first kappa shape index (κ1) is 14.9. The Bertz CT molecular complexity index is 655. The molecule has 0 bridgehead atoms. The van der Waals surface area contributed by atoms with Crippen molar-refractivity contribution in [3.63, 3.8) is 0 Å². The molecule has 0 aromatic heterocycles. The standard InChI is InChI=1S/C15H13BrO3S/c1-19-15(17)14-8-3-2-5-11(14)10-20(18)13-7-4-6-12(16)9-13/h2-9H,10H2,1H3. The van der Waals surface area contributed by atoms with Gasteiger partial charge >= 0.3 is 5.97 Å². The van der Waals surface area contributed by atoms with Crippen molar-refractivity contribution in [2.24, 2.45) is 0 Å². The molecule has 3 nitrogen and oxygen atoms in total. The van der Waals surface area contributed by atoms with Gasteiger partial charge < -0.3 is 4.74 Å². The molecule has 5 heteroatoms. The Balaban J connectivity index is 2.26. The molecule has 0 saturated heterocycles. The van der Waals surface area contributed by atoms with Gasteiger partial charge in [-0.25, -0.2) is 4.79 Å². The van der Waals surface area contributed by atoms with Crippen molar-refractivity contribution in [2.75, 3.05) is 7.11 Å². The fraction of sp³-hybridized carbons (Fsp3) is 0.133. The van der Waals surface area contributed by atoms with Gasteiger partial charge in [0.25, 0.3) is 0 Å². The van der Waals surface area contributed by atoms with E-state index in [0.717, 1.165) is 14.9 Å². The molecule has 0 aliphatic heterocycles. The van der Waals surface area contributed by atoms with Crippen LogP contribution in [0.5, 0.6) is 0 Å². The lowest BCUT2D eigenvalue weighted by atomic mass is 10.1. The third kappa shape index (κ3) is 3.55. The minimum Gasteiger partial charge on any atom is -0.465 e. The molecule has 0 amide bonds. The van der Waals surface area contributed by atoms with Crippen LogP contribution in [0, 0.1) is 0 Å². The SMILES string of the molecule is COC(=O)c1ccccc1CS(=O)c1cccc(Br)c1. The second-order valence-corrected chi connectivity index (χ2v) is 6.46. The van der Waals surface area contributed by atoms with Crippen LogP contribution in [-0.4, -0.2) is 17.3 Å². The van der Waals surface area contributed by atoms with E-state index in [0.29, 0.717) is 5.56 Å². The maximum absolute atomic E-state index is 12.4. The number of carbonyl (C=O) groups is 1. The molecule has 104 valence electrons. The monoisotopic (exact) mass is 352 g/mol. The van der Waals surface area contributed by atoms with Crippen molar-refractivity contribution in [2.45, 2.75) is 10.6 Å². The normalized spacial score (nSPS) is 11.9. The van der Waals surface area contributed by atoms with E-state index in [1.54, 1.807) is 18.2 Å². The molecule has 20 heavy (non-hydrogen) atoms. The van der Waals surface area contributed by atoms with Crippen LogP contribution in [0.25, 0.3) is 0 Å². The van der Waals surface area contributed by atoms with Gasteiger partial charge in [-0.15, -0.1) is 0 Å². The highest BCUT2D eigenvalue weighted by Gasteiger charge is 2.14. The average molecular weight is 353 g/mol. The van der Waals surface area contributed by atoms with E-state index in [4.69, 9.17) is 4.74 Å². The van der Waals surface area contributed by atoms with Crippen molar-refractivity contribution in [3.05, 3.63) is 64.1 Å². The third-order valence-corrected chi connectivity index (χ3v) is 4.61. The number of carbonyl (C=O) groups excluding carboxylic acids is 1. The first-order valence-electron chi connectivity index (χ1n) is 5.92. The largest absolute Gasteiger partial charge is 0.465 e. The lowest BCUT2D eigenvalue weighted by molar-refractivity contribution is 0.0600. The van der Waals surface area contributed by atoms with E-state index in [1.807, 2.05) is 30.3 Å². The van der Waals surface area contributed by atoms with Crippen LogP contribution in [0.15, 0.2) is 57.9 Å². The van der Waals surface area contributed by atoms with Crippen molar-refractivity contribution < 1.29 is 13.7 Å². The summed E-state index contributed by atoms with van der Waals surface area (Å²) in [6.45, 7) is 0. The lowest BCUT2D eigenvalue weighted by Gasteiger charge is -2.08. The molecule has 2 aromatic carbocycles. The molecule has 0 aliphatic carbocycles. The van der Waals surface area contributed by atoms with E-state index in [2.05, 4.69) is 15.9 Å².